The average molecular weight is 580 g/mol. The first-order valence-corrected chi connectivity index (χ1v) is 13.8. The molecule has 9 nitrogen and oxygen atoms in total. The fourth-order valence-corrected chi connectivity index (χ4v) is 5.35. The van der Waals surface area contributed by atoms with Crippen molar-refractivity contribution in [2.24, 2.45) is 0 Å². The highest BCUT2D eigenvalue weighted by Crippen LogP contribution is 2.39. The number of hydrogen-bond acceptors (Lipinski definition) is 6. The summed E-state index contributed by atoms with van der Waals surface area (Å²) in [6.07, 6.45) is 2.72. The summed E-state index contributed by atoms with van der Waals surface area (Å²) in [5, 5.41) is 0. The predicted molar refractivity (Wildman–Crippen MR) is 141 cm³/mol. The molecule has 3 amide bonds. The van der Waals surface area contributed by atoms with Crippen molar-refractivity contribution >= 4 is 45.3 Å². The molecule has 1 saturated heterocycles. The summed E-state index contributed by atoms with van der Waals surface area (Å²) in [4.78, 5) is 32.7. The summed E-state index contributed by atoms with van der Waals surface area (Å²) in [6, 6.07) is 14.6. The van der Waals surface area contributed by atoms with Crippen molar-refractivity contribution < 1.29 is 31.2 Å². The lowest BCUT2D eigenvalue weighted by Crippen LogP contribution is -2.43. The molecule has 0 saturated carbocycles. The molecule has 0 aliphatic carbocycles. The minimum Gasteiger partial charge on any atom is -0.305 e. The van der Waals surface area contributed by atoms with Gasteiger partial charge in [0.25, 0.3) is 16.1 Å². The van der Waals surface area contributed by atoms with Gasteiger partial charge in [0.1, 0.15) is 5.54 Å². The molecule has 4 rings (SSSR count). The lowest BCUT2D eigenvalue weighted by atomic mass is 10.0. The normalized spacial score (nSPS) is 15.6. The number of pyridine rings is 1. The predicted octanol–water partition coefficient (Wildman–Crippen LogP) is 4.89. The number of urea groups is 1. The maximum Gasteiger partial charge on any atom is 0.446 e. The largest absolute Gasteiger partial charge is 0.446 e. The number of nitrogens with one attached hydrogen (secondary N) is 2. The first-order valence-electron chi connectivity index (χ1n) is 11.5. The van der Waals surface area contributed by atoms with Crippen molar-refractivity contribution in [3.05, 3.63) is 84.2 Å². The van der Waals surface area contributed by atoms with Gasteiger partial charge in [-0.2, -0.15) is 26.3 Å². The Morgan fingerprint density at radius 3 is 2.31 bits per heavy atom. The number of rotatable bonds is 9. The number of anilines is 2. The van der Waals surface area contributed by atoms with Crippen LogP contribution in [0.2, 0.25) is 0 Å². The fourth-order valence-electron chi connectivity index (χ4n) is 3.90. The Bertz CT molecular complexity index is 1470. The second-order valence-electron chi connectivity index (χ2n) is 9.06. The van der Waals surface area contributed by atoms with Gasteiger partial charge in [0.2, 0.25) is 0 Å². The number of benzene rings is 2. The standard InChI is InChI=1S/C25H24F3N5O4S2/c1-24(2)22(34)33(19-8-10-20(11-9-19)38-25(26,27)28)23(35)32(24)16-18-12-13-29-15-21(18)31-39(36,37)30-14-17-6-4-3-5-7-17/h3-13,15,30-31H,14,16H2,1-2H3. The molecule has 0 radical (unpaired) electrons. The summed E-state index contributed by atoms with van der Waals surface area (Å²) < 4.78 is 68.3. The number of carbonyl (C=O) groups excluding carboxylic acids is 2. The highest BCUT2D eigenvalue weighted by molar-refractivity contribution is 8.00. The van der Waals surface area contributed by atoms with Gasteiger partial charge in [-0.3, -0.25) is 14.5 Å². The highest BCUT2D eigenvalue weighted by Gasteiger charge is 2.52. The number of nitrogens with zero attached hydrogens (tertiary/aromatic N) is 3. The van der Waals surface area contributed by atoms with Crippen molar-refractivity contribution in [1.82, 2.24) is 14.6 Å². The number of amides is 3. The Kier molecular flexibility index (Phi) is 7.91. The molecule has 1 aliphatic rings. The van der Waals surface area contributed by atoms with Crippen molar-refractivity contribution in [2.75, 3.05) is 9.62 Å². The topological polar surface area (TPSA) is 112 Å². The van der Waals surface area contributed by atoms with E-state index in [1.54, 1.807) is 24.3 Å². The molecule has 0 bridgehead atoms. The van der Waals surface area contributed by atoms with Gasteiger partial charge < -0.3 is 4.90 Å². The van der Waals surface area contributed by atoms with Crippen LogP contribution in [0.4, 0.5) is 29.3 Å². The van der Waals surface area contributed by atoms with Crippen LogP contribution in [0.5, 0.6) is 0 Å². The third-order valence-corrected chi connectivity index (χ3v) is 7.70. The van der Waals surface area contributed by atoms with E-state index < -0.39 is 33.2 Å². The minimum atomic E-state index is -4.47. The van der Waals surface area contributed by atoms with E-state index in [4.69, 9.17) is 0 Å². The van der Waals surface area contributed by atoms with Crippen LogP contribution < -0.4 is 14.3 Å². The highest BCUT2D eigenvalue weighted by atomic mass is 32.2. The van der Waals surface area contributed by atoms with Crippen LogP contribution in [0, 0.1) is 0 Å². The van der Waals surface area contributed by atoms with Crippen molar-refractivity contribution in [2.45, 2.75) is 42.9 Å². The molecule has 1 aromatic heterocycles. The van der Waals surface area contributed by atoms with Gasteiger partial charge in [0.15, 0.2) is 0 Å². The van der Waals surface area contributed by atoms with Gasteiger partial charge in [0.05, 0.1) is 24.1 Å². The molecular weight excluding hydrogens is 555 g/mol. The molecule has 0 atom stereocenters. The van der Waals surface area contributed by atoms with Crippen molar-refractivity contribution in [3.63, 3.8) is 0 Å². The van der Waals surface area contributed by atoms with Gasteiger partial charge in [0, 0.05) is 17.6 Å². The van der Waals surface area contributed by atoms with E-state index >= 15 is 0 Å². The quantitative estimate of drug-likeness (QED) is 0.276. The summed E-state index contributed by atoms with van der Waals surface area (Å²) in [5.74, 6) is -0.579. The fraction of sp³-hybridized carbons (Fsp3) is 0.240. The van der Waals surface area contributed by atoms with Crippen LogP contribution in [0.25, 0.3) is 0 Å². The van der Waals surface area contributed by atoms with Crippen LogP contribution in [-0.4, -0.2) is 41.3 Å². The Morgan fingerprint density at radius 1 is 1.00 bits per heavy atom. The van der Waals surface area contributed by atoms with E-state index in [0.29, 0.717) is 5.56 Å². The number of alkyl halides is 3. The van der Waals surface area contributed by atoms with E-state index in [9.17, 15) is 31.2 Å². The molecule has 3 aromatic rings. The maximum absolute atomic E-state index is 13.4. The second kappa shape index (κ2) is 10.9. The number of halogens is 3. The Morgan fingerprint density at radius 2 is 1.67 bits per heavy atom. The second-order valence-corrected chi connectivity index (χ2v) is 11.7. The van der Waals surface area contributed by atoms with Crippen LogP contribution >= 0.6 is 11.8 Å². The first-order chi connectivity index (χ1) is 18.3. The van der Waals surface area contributed by atoms with Crippen molar-refractivity contribution in [1.29, 1.82) is 0 Å². The van der Waals surface area contributed by atoms with E-state index in [1.807, 2.05) is 6.07 Å². The molecule has 1 aliphatic heterocycles. The molecular formula is C25H24F3N5O4S2. The molecule has 206 valence electrons. The van der Waals surface area contributed by atoms with E-state index in [1.165, 1.54) is 61.5 Å². The minimum absolute atomic E-state index is 0.0487. The van der Waals surface area contributed by atoms with E-state index in [2.05, 4.69) is 14.4 Å². The van der Waals surface area contributed by atoms with Gasteiger partial charge in [-0.1, -0.05) is 30.3 Å². The van der Waals surface area contributed by atoms with Gasteiger partial charge in [-0.15, -0.1) is 0 Å². The number of carbonyl (C=O) groups is 2. The molecule has 2 N–H and O–H groups in total. The third-order valence-electron chi connectivity index (χ3n) is 5.95. The number of aromatic nitrogens is 1. The summed E-state index contributed by atoms with van der Waals surface area (Å²) in [7, 11) is -4.02. The number of hydrogen-bond donors (Lipinski definition) is 2. The zero-order chi connectivity index (χ0) is 28.4. The summed E-state index contributed by atoms with van der Waals surface area (Å²) in [6.45, 7) is 2.98. The summed E-state index contributed by atoms with van der Waals surface area (Å²) >= 11 is -0.302. The Balaban J connectivity index is 1.53. The molecule has 2 heterocycles. The molecule has 2 aromatic carbocycles. The lowest BCUT2D eigenvalue weighted by Gasteiger charge is -2.28. The Labute approximate surface area is 227 Å². The SMILES string of the molecule is CC1(C)C(=O)N(c2ccc(SC(F)(F)F)cc2)C(=O)N1Cc1ccncc1NS(=O)(=O)NCc1ccccc1. The lowest BCUT2D eigenvalue weighted by molar-refractivity contribution is -0.123. The van der Waals surface area contributed by atoms with E-state index in [0.717, 1.165) is 10.5 Å². The molecule has 14 heteroatoms. The number of thioether (sulfide) groups is 1. The first kappa shape index (κ1) is 28.4. The van der Waals surface area contributed by atoms with Crippen LogP contribution in [-0.2, 0) is 28.1 Å². The average Bonchev–Trinajstić information content (AvgIpc) is 3.03. The van der Waals surface area contributed by atoms with Gasteiger partial charge in [-0.05, 0) is 67.1 Å². The van der Waals surface area contributed by atoms with Crippen LogP contribution in [0.15, 0.2) is 78.0 Å². The van der Waals surface area contributed by atoms with Crippen LogP contribution in [0.3, 0.4) is 0 Å². The van der Waals surface area contributed by atoms with Gasteiger partial charge in [-0.25, -0.2) is 9.69 Å². The third kappa shape index (κ3) is 6.69. The smallest absolute Gasteiger partial charge is 0.305 e. The van der Waals surface area contributed by atoms with Crippen molar-refractivity contribution in [3.8, 4) is 0 Å². The number of imide groups is 1. The van der Waals surface area contributed by atoms with Crippen LogP contribution in [0.1, 0.15) is 25.0 Å². The monoisotopic (exact) mass is 579 g/mol. The van der Waals surface area contributed by atoms with Gasteiger partial charge >= 0.3 is 11.5 Å². The molecule has 0 unspecified atom stereocenters. The summed E-state index contributed by atoms with van der Waals surface area (Å²) in [5.41, 5.74) is -4.44. The zero-order valence-corrected chi connectivity index (χ0v) is 22.4. The maximum atomic E-state index is 13.4. The zero-order valence-electron chi connectivity index (χ0n) is 20.8. The van der Waals surface area contributed by atoms with E-state index in [-0.39, 0.29) is 41.1 Å². The molecule has 39 heavy (non-hydrogen) atoms. The molecule has 0 spiro atoms. The molecule has 1 fully saturated rings. The Hall–Kier alpha value is -3.62.